The zero-order valence-electron chi connectivity index (χ0n) is 53.8. The van der Waals surface area contributed by atoms with Crippen LogP contribution in [0.5, 0.6) is 0 Å². The molecule has 0 radical (unpaired) electrons. The van der Waals surface area contributed by atoms with Gasteiger partial charge in [0.1, 0.15) is 13.2 Å². The second-order valence-electron chi connectivity index (χ2n) is 23.1. The van der Waals surface area contributed by atoms with Crippen molar-refractivity contribution in [2.45, 2.75) is 264 Å². The van der Waals surface area contributed by atoms with E-state index in [2.05, 4.69) is 165 Å². The number of nitrogens with zero attached hydrogens (tertiary/aromatic N) is 1. The van der Waals surface area contributed by atoms with Crippen LogP contribution in [0.2, 0.25) is 0 Å². The highest BCUT2D eigenvalue weighted by Crippen LogP contribution is 2.38. The van der Waals surface area contributed by atoms with E-state index in [0.29, 0.717) is 17.4 Å². The van der Waals surface area contributed by atoms with Gasteiger partial charge >= 0.3 is 0 Å². The summed E-state index contributed by atoms with van der Waals surface area (Å²) < 4.78 is 23.4. The van der Waals surface area contributed by atoms with Crippen molar-refractivity contribution < 1.29 is 32.9 Å². The Hall–Kier alpha value is -3.88. The Labute approximate surface area is 511 Å². The number of unbranched alkanes of at least 4 members (excludes halogenated alkanes) is 22. The molecular formula is C74H125N2O6P. The van der Waals surface area contributed by atoms with Gasteiger partial charge in [-0.15, -0.1) is 0 Å². The zero-order chi connectivity index (χ0) is 60.5. The Balaban J connectivity index is 4.22. The predicted octanol–water partition coefficient (Wildman–Crippen LogP) is 20.7. The van der Waals surface area contributed by atoms with E-state index in [0.717, 1.165) is 122 Å². The minimum absolute atomic E-state index is 0.0187. The monoisotopic (exact) mass is 1170 g/mol. The number of aliphatic hydroxyl groups excluding tert-OH is 1. The number of carbonyl (C=O) groups is 1. The van der Waals surface area contributed by atoms with Crippen molar-refractivity contribution in [3.8, 4) is 0 Å². The summed E-state index contributed by atoms with van der Waals surface area (Å²) >= 11 is 0. The van der Waals surface area contributed by atoms with E-state index in [1.54, 1.807) is 6.08 Å². The number of likely N-dealkylation sites (N-methyl/N-ethyl adjacent to an activating group) is 1. The lowest BCUT2D eigenvalue weighted by Crippen LogP contribution is -2.45. The van der Waals surface area contributed by atoms with Crippen LogP contribution in [0, 0.1) is 0 Å². The molecule has 0 spiro atoms. The molecule has 0 fully saturated rings. The number of quaternary nitrogens is 1. The second kappa shape index (κ2) is 62.6. The van der Waals surface area contributed by atoms with Gasteiger partial charge in [0.15, 0.2) is 0 Å². The fourth-order valence-electron chi connectivity index (χ4n) is 8.80. The summed E-state index contributed by atoms with van der Waals surface area (Å²) in [5.41, 5.74) is 0. The number of phosphoric acid groups is 1. The summed E-state index contributed by atoms with van der Waals surface area (Å²) in [4.78, 5) is 25.6. The van der Waals surface area contributed by atoms with E-state index in [4.69, 9.17) is 9.05 Å². The number of nitrogens with one attached hydrogen (secondary N) is 1. The van der Waals surface area contributed by atoms with Gasteiger partial charge in [-0.2, -0.15) is 0 Å². The third-order valence-corrected chi connectivity index (χ3v) is 14.9. The molecule has 9 heteroatoms. The highest BCUT2D eigenvalue weighted by Gasteiger charge is 2.23. The van der Waals surface area contributed by atoms with Gasteiger partial charge in [-0.1, -0.05) is 281 Å². The summed E-state index contributed by atoms with van der Waals surface area (Å²) in [6.45, 7) is 4.49. The number of hydrogen-bond acceptors (Lipinski definition) is 6. The number of rotatable bonds is 59. The third kappa shape index (κ3) is 65.5. The molecule has 3 atom stereocenters. The summed E-state index contributed by atoms with van der Waals surface area (Å²) in [5.74, 6) is -0.225. The average molecular weight is 1170 g/mol. The highest BCUT2D eigenvalue weighted by atomic mass is 31.2. The van der Waals surface area contributed by atoms with E-state index in [-0.39, 0.29) is 12.5 Å². The van der Waals surface area contributed by atoms with Gasteiger partial charge in [0.25, 0.3) is 7.82 Å². The Morgan fingerprint density at radius 2 is 0.747 bits per heavy atom. The van der Waals surface area contributed by atoms with Crippen LogP contribution < -0.4 is 10.2 Å². The van der Waals surface area contributed by atoms with Gasteiger partial charge in [0, 0.05) is 6.42 Å². The van der Waals surface area contributed by atoms with Crippen LogP contribution >= 0.6 is 7.82 Å². The molecule has 0 heterocycles. The zero-order valence-corrected chi connectivity index (χ0v) is 54.7. The topological polar surface area (TPSA) is 108 Å². The van der Waals surface area contributed by atoms with Crippen LogP contribution in [-0.2, 0) is 18.4 Å². The van der Waals surface area contributed by atoms with E-state index in [1.807, 2.05) is 27.2 Å². The maximum Gasteiger partial charge on any atom is 0.268 e. The van der Waals surface area contributed by atoms with E-state index in [9.17, 15) is 19.4 Å². The number of hydrogen-bond donors (Lipinski definition) is 2. The first-order chi connectivity index (χ1) is 40.5. The van der Waals surface area contributed by atoms with E-state index >= 15 is 0 Å². The largest absolute Gasteiger partial charge is 0.756 e. The van der Waals surface area contributed by atoms with Crippen molar-refractivity contribution in [3.63, 3.8) is 0 Å². The molecular weight excluding hydrogens is 1040 g/mol. The van der Waals surface area contributed by atoms with Gasteiger partial charge < -0.3 is 28.8 Å². The fourth-order valence-corrected chi connectivity index (χ4v) is 9.52. The van der Waals surface area contributed by atoms with Gasteiger partial charge in [0.05, 0.1) is 39.9 Å². The maximum absolute atomic E-state index is 13.0. The number of phosphoric ester groups is 1. The van der Waals surface area contributed by atoms with E-state index in [1.165, 1.54) is 109 Å². The summed E-state index contributed by atoms with van der Waals surface area (Å²) in [6.07, 6.45) is 97.7. The normalized spacial score (nSPS) is 14.7. The molecule has 0 aliphatic rings. The van der Waals surface area contributed by atoms with Gasteiger partial charge in [-0.05, 0) is 122 Å². The van der Waals surface area contributed by atoms with Crippen molar-refractivity contribution in [1.82, 2.24) is 5.32 Å². The first-order valence-corrected chi connectivity index (χ1v) is 34.8. The Morgan fingerprint density at radius 1 is 0.434 bits per heavy atom. The number of carbonyl (C=O) groups excluding carboxylic acids is 1. The smallest absolute Gasteiger partial charge is 0.268 e. The molecule has 0 saturated carbocycles. The molecule has 0 aromatic rings. The Bertz CT molecular complexity index is 1910. The summed E-state index contributed by atoms with van der Waals surface area (Å²) in [5, 5.41) is 13.9. The molecule has 0 aromatic carbocycles. The van der Waals surface area contributed by atoms with Gasteiger partial charge in [0.2, 0.25) is 5.91 Å². The van der Waals surface area contributed by atoms with Gasteiger partial charge in [-0.3, -0.25) is 9.36 Å². The predicted molar refractivity (Wildman–Crippen MR) is 361 cm³/mol. The lowest BCUT2D eigenvalue weighted by Gasteiger charge is -2.29. The van der Waals surface area contributed by atoms with Crippen molar-refractivity contribution in [2.75, 3.05) is 40.9 Å². The standard InChI is InChI=1S/C74H125N2O6P/c1-6-8-10-12-14-16-18-20-22-24-26-28-30-31-32-33-34-35-36-37-38-39-40-41-42-43-44-45-46-48-50-52-54-56-58-60-62-64-66-68-74(78)75-72(71-82-83(79,80)81-70-69-76(3,4)5)73(77)67-65-63-61-59-57-55-53-51-49-47-29-27-25-23-21-19-17-15-13-11-9-7-2/h8,10,14,16,20,22,26,28,31-32,34-35,37-38,40-41,43-44,46,48-49,51,57,59,65,67,72-73,77H,6-7,9,11-13,15,17-19,21,23-25,27,29-30,33,36,39,42,45,47,50,52-56,58,60-64,66,68-71H2,1-5H3,(H-,75,78,79,80)/b10-8-,16-14-,22-20-,28-26-,32-31-,35-34-,38-37-,41-40-,44-43-,48-46-,51-49+,59-57+,67-65+. The molecule has 0 aromatic heterocycles. The van der Waals surface area contributed by atoms with Crippen LogP contribution in [0.1, 0.15) is 251 Å². The molecule has 1 amide bonds. The minimum atomic E-state index is -4.63. The molecule has 0 saturated heterocycles. The number of aliphatic hydroxyl groups is 1. The summed E-state index contributed by atoms with van der Waals surface area (Å²) in [6, 6.07) is -0.927. The minimum Gasteiger partial charge on any atom is -0.756 e. The summed E-state index contributed by atoms with van der Waals surface area (Å²) in [7, 11) is 1.21. The van der Waals surface area contributed by atoms with Crippen molar-refractivity contribution in [1.29, 1.82) is 0 Å². The van der Waals surface area contributed by atoms with Crippen LogP contribution in [0.4, 0.5) is 0 Å². The molecule has 0 rings (SSSR count). The van der Waals surface area contributed by atoms with Crippen LogP contribution in [0.3, 0.4) is 0 Å². The molecule has 2 N–H and O–H groups in total. The first kappa shape index (κ1) is 79.1. The molecule has 0 aliphatic heterocycles. The Kier molecular flexibility index (Phi) is 59.7. The molecule has 472 valence electrons. The van der Waals surface area contributed by atoms with Crippen LogP contribution in [0.15, 0.2) is 158 Å². The lowest BCUT2D eigenvalue weighted by molar-refractivity contribution is -0.870. The van der Waals surface area contributed by atoms with Gasteiger partial charge in [-0.25, -0.2) is 0 Å². The van der Waals surface area contributed by atoms with Crippen molar-refractivity contribution in [3.05, 3.63) is 158 Å². The molecule has 8 nitrogen and oxygen atoms in total. The maximum atomic E-state index is 13.0. The van der Waals surface area contributed by atoms with Crippen molar-refractivity contribution >= 4 is 13.7 Å². The second-order valence-corrected chi connectivity index (χ2v) is 24.5. The SMILES string of the molecule is CC/C=C\C/C=C\C/C=C\C/C=C\C/C=C\C/C=C\C/C=C\C/C=C\C/C=C\C/C=C\CCCCCCCCCCC(=O)NC(COP(=O)([O-])OCC[N+](C)(C)C)C(O)/C=C/CC/C=C/CC/C=C/CCCCCCCCCCCCCC. The van der Waals surface area contributed by atoms with E-state index < -0.39 is 26.6 Å². The fraction of sp³-hybridized carbons (Fsp3) is 0.635. The molecule has 0 aliphatic carbocycles. The molecule has 0 bridgehead atoms. The molecule has 3 unspecified atom stereocenters. The number of allylic oxidation sites excluding steroid dienone is 25. The average Bonchev–Trinajstić information content (AvgIpc) is 3.50. The Morgan fingerprint density at radius 3 is 1.12 bits per heavy atom. The van der Waals surface area contributed by atoms with Crippen molar-refractivity contribution in [2.24, 2.45) is 0 Å². The van der Waals surface area contributed by atoms with Crippen LogP contribution in [-0.4, -0.2) is 68.5 Å². The van der Waals surface area contributed by atoms with Crippen LogP contribution in [0.25, 0.3) is 0 Å². The lowest BCUT2D eigenvalue weighted by atomic mass is 10.0. The number of amides is 1. The molecule has 83 heavy (non-hydrogen) atoms. The highest BCUT2D eigenvalue weighted by molar-refractivity contribution is 7.45. The quantitative estimate of drug-likeness (QED) is 0.0272. The third-order valence-electron chi connectivity index (χ3n) is 13.9. The first-order valence-electron chi connectivity index (χ1n) is 33.3.